The van der Waals surface area contributed by atoms with Crippen LogP contribution >= 0.6 is 0 Å². The molecule has 1 fully saturated rings. The quantitative estimate of drug-likeness (QED) is 0.395. The first-order valence-electron chi connectivity index (χ1n) is 15.5. The van der Waals surface area contributed by atoms with E-state index in [0.29, 0.717) is 0 Å². The van der Waals surface area contributed by atoms with Crippen molar-refractivity contribution >= 4 is 11.4 Å². The largest absolute Gasteiger partial charge is 0.385 e. The summed E-state index contributed by atoms with van der Waals surface area (Å²) in [6.45, 7) is 15.3. The zero-order chi connectivity index (χ0) is 27.5. The van der Waals surface area contributed by atoms with Gasteiger partial charge < -0.3 is 30.7 Å². The number of rotatable bonds is 0. The van der Waals surface area contributed by atoms with Crippen LogP contribution in [0.25, 0.3) is 0 Å². The molecule has 6 bridgehead atoms. The van der Waals surface area contributed by atoms with Crippen molar-refractivity contribution in [2.75, 3.05) is 103 Å². The van der Waals surface area contributed by atoms with Gasteiger partial charge in [-0.3, -0.25) is 9.80 Å². The first kappa shape index (κ1) is 30.8. The summed E-state index contributed by atoms with van der Waals surface area (Å²) in [5.41, 5.74) is 5.12. The lowest BCUT2D eigenvalue weighted by Crippen LogP contribution is -2.42. The van der Waals surface area contributed by atoms with Gasteiger partial charge in [0.15, 0.2) is 0 Å². The molecule has 0 amide bonds. The first-order chi connectivity index (χ1) is 19.8. The van der Waals surface area contributed by atoms with Gasteiger partial charge >= 0.3 is 0 Å². The standard InChI is InChI=1S/C32H52N6O2/c1-2-22-40-24-6-12-36-32-10-4-8-30(26-32)28-38-19-15-33-13-17-37(18-14-34-16-20-38)27-29-7-3-9-31(25-29)35-11-5-23-39-21-1/h3-4,7-10,25-26,33-36H,1-2,5-6,11-24,27-28H2. The minimum atomic E-state index is 0.798. The third kappa shape index (κ3) is 12.5. The van der Waals surface area contributed by atoms with Gasteiger partial charge in [0.2, 0.25) is 0 Å². The Bertz CT molecular complexity index is 858. The highest BCUT2D eigenvalue weighted by molar-refractivity contribution is 5.46. The molecule has 0 unspecified atom stereocenters. The molecule has 5 rings (SSSR count). The molecule has 1 saturated heterocycles. The summed E-state index contributed by atoms with van der Waals surface area (Å²) in [5, 5.41) is 14.6. The number of fused-ring (bicyclic) bond motifs is 21. The SMILES string of the molecule is c1cc2cc(c1)NCCCOCCCCOCCCNc1cccc(c1)CN1CCNCCN(CCNCC1)C2. The zero-order valence-electron chi connectivity index (χ0n) is 24.5. The van der Waals surface area contributed by atoms with E-state index in [2.05, 4.69) is 79.6 Å². The van der Waals surface area contributed by atoms with Crippen LogP contribution in [0.4, 0.5) is 11.4 Å². The van der Waals surface area contributed by atoms with Crippen molar-refractivity contribution in [3.8, 4) is 0 Å². The maximum absolute atomic E-state index is 5.83. The number of nitrogens with one attached hydrogen (secondary N) is 4. The number of anilines is 2. The van der Waals surface area contributed by atoms with E-state index in [9.17, 15) is 0 Å². The molecule has 40 heavy (non-hydrogen) atoms. The van der Waals surface area contributed by atoms with E-state index in [1.807, 2.05) is 0 Å². The Balaban J connectivity index is 1.33. The van der Waals surface area contributed by atoms with Crippen molar-refractivity contribution < 1.29 is 9.47 Å². The summed E-state index contributed by atoms with van der Waals surface area (Å²) in [6, 6.07) is 17.8. The smallest absolute Gasteiger partial charge is 0.0482 e. The van der Waals surface area contributed by atoms with Gasteiger partial charge in [0.1, 0.15) is 0 Å². The van der Waals surface area contributed by atoms with Gasteiger partial charge in [0.25, 0.3) is 0 Å². The molecular formula is C32H52N6O2. The maximum Gasteiger partial charge on any atom is 0.0482 e. The number of hydrogen-bond donors (Lipinski definition) is 4. The Morgan fingerprint density at radius 1 is 0.500 bits per heavy atom. The van der Waals surface area contributed by atoms with Gasteiger partial charge in [-0.25, -0.2) is 0 Å². The van der Waals surface area contributed by atoms with Crippen molar-refractivity contribution in [3.05, 3.63) is 59.7 Å². The molecule has 3 aliphatic heterocycles. The van der Waals surface area contributed by atoms with Crippen LogP contribution in [0.3, 0.4) is 0 Å². The van der Waals surface area contributed by atoms with Gasteiger partial charge in [0.05, 0.1) is 0 Å². The Morgan fingerprint density at radius 3 is 1.38 bits per heavy atom. The minimum Gasteiger partial charge on any atom is -0.385 e. The third-order valence-corrected chi connectivity index (χ3v) is 7.50. The molecule has 0 aliphatic carbocycles. The lowest BCUT2D eigenvalue weighted by atomic mass is 10.1. The normalized spacial score (nSPS) is 24.0. The van der Waals surface area contributed by atoms with Crippen molar-refractivity contribution in [1.82, 2.24) is 20.4 Å². The number of benzene rings is 2. The predicted molar refractivity (Wildman–Crippen MR) is 166 cm³/mol. The Kier molecular flexibility index (Phi) is 14.6. The second-order valence-electron chi connectivity index (χ2n) is 10.9. The molecule has 0 saturated carbocycles. The summed E-state index contributed by atoms with van der Waals surface area (Å²) in [6.07, 6.45) is 4.13. The van der Waals surface area contributed by atoms with Crippen molar-refractivity contribution in [2.24, 2.45) is 0 Å². The highest BCUT2D eigenvalue weighted by atomic mass is 16.5. The second-order valence-corrected chi connectivity index (χ2v) is 10.9. The highest BCUT2D eigenvalue weighted by Crippen LogP contribution is 2.14. The summed E-state index contributed by atoms with van der Waals surface area (Å²) < 4.78 is 11.7. The van der Waals surface area contributed by atoms with Crippen LogP contribution in [-0.4, -0.2) is 102 Å². The maximum atomic E-state index is 5.83. The van der Waals surface area contributed by atoms with Gasteiger partial charge in [-0.05, 0) is 61.1 Å². The highest BCUT2D eigenvalue weighted by Gasteiger charge is 2.11. The fourth-order valence-electron chi connectivity index (χ4n) is 5.24. The van der Waals surface area contributed by atoms with Crippen LogP contribution in [0.1, 0.15) is 36.8 Å². The van der Waals surface area contributed by atoms with Gasteiger partial charge in [-0.2, -0.15) is 0 Å². The topological polar surface area (TPSA) is 73.1 Å². The summed E-state index contributed by atoms with van der Waals surface area (Å²) in [5.74, 6) is 0. The van der Waals surface area contributed by atoms with E-state index in [4.69, 9.17) is 9.47 Å². The lowest BCUT2D eigenvalue weighted by molar-refractivity contribution is 0.102. The van der Waals surface area contributed by atoms with Crippen LogP contribution in [0.2, 0.25) is 0 Å². The van der Waals surface area contributed by atoms with Crippen molar-refractivity contribution in [3.63, 3.8) is 0 Å². The molecule has 0 aromatic heterocycles. The van der Waals surface area contributed by atoms with Gasteiger partial charge in [-0.15, -0.1) is 0 Å². The molecule has 8 heteroatoms. The van der Waals surface area contributed by atoms with E-state index < -0.39 is 0 Å². The fourth-order valence-corrected chi connectivity index (χ4v) is 5.24. The Hall–Kier alpha value is -2.20. The number of hydrogen-bond acceptors (Lipinski definition) is 8. The first-order valence-corrected chi connectivity index (χ1v) is 15.5. The zero-order valence-corrected chi connectivity index (χ0v) is 24.5. The van der Waals surface area contributed by atoms with E-state index in [1.165, 1.54) is 22.5 Å². The Morgan fingerprint density at radius 2 is 0.925 bits per heavy atom. The average molecular weight is 553 g/mol. The molecular weight excluding hydrogens is 500 g/mol. The molecule has 0 radical (unpaired) electrons. The average Bonchev–Trinajstić information content (AvgIpc) is 2.95. The van der Waals surface area contributed by atoms with Gasteiger partial charge in [-0.1, -0.05) is 24.3 Å². The molecule has 3 aliphatic rings. The summed E-state index contributed by atoms with van der Waals surface area (Å²) in [7, 11) is 0. The van der Waals surface area contributed by atoms with Crippen molar-refractivity contribution in [2.45, 2.75) is 38.8 Å². The molecule has 3 heterocycles. The number of ether oxygens (including phenoxy) is 2. The summed E-state index contributed by atoms with van der Waals surface area (Å²) in [4.78, 5) is 5.12. The molecule has 0 spiro atoms. The molecule has 4 N–H and O–H groups in total. The van der Waals surface area contributed by atoms with Crippen LogP contribution in [0.15, 0.2) is 48.5 Å². The van der Waals surface area contributed by atoms with E-state index in [1.54, 1.807) is 0 Å². The molecule has 8 nitrogen and oxygen atoms in total. The molecule has 0 atom stereocenters. The van der Waals surface area contributed by atoms with E-state index >= 15 is 0 Å². The molecule has 2 aromatic rings. The van der Waals surface area contributed by atoms with Crippen molar-refractivity contribution in [1.29, 1.82) is 0 Å². The molecule has 222 valence electrons. The number of nitrogens with zero attached hydrogens (tertiary/aromatic N) is 2. The van der Waals surface area contributed by atoms with Crippen LogP contribution < -0.4 is 21.3 Å². The van der Waals surface area contributed by atoms with Gasteiger partial charge in [0, 0.05) is 116 Å². The fraction of sp³-hybridized carbons (Fsp3) is 0.625. The lowest BCUT2D eigenvalue weighted by Gasteiger charge is -2.27. The van der Waals surface area contributed by atoms with Crippen LogP contribution in [0, 0.1) is 0 Å². The monoisotopic (exact) mass is 552 g/mol. The van der Waals surface area contributed by atoms with Crippen LogP contribution in [-0.2, 0) is 22.6 Å². The van der Waals surface area contributed by atoms with E-state index in [0.717, 1.165) is 131 Å². The third-order valence-electron chi connectivity index (χ3n) is 7.50. The predicted octanol–water partition coefficient (Wildman–Crippen LogP) is 3.61. The molecule has 2 aromatic carbocycles. The van der Waals surface area contributed by atoms with E-state index in [-0.39, 0.29) is 0 Å². The van der Waals surface area contributed by atoms with Crippen LogP contribution in [0.5, 0.6) is 0 Å². The summed E-state index contributed by atoms with van der Waals surface area (Å²) >= 11 is 0. The Labute approximate surface area is 242 Å². The minimum absolute atomic E-state index is 0.798. The second kappa shape index (κ2) is 19.0.